The average molecular weight is 355 g/mol. The van der Waals surface area contributed by atoms with Crippen molar-refractivity contribution < 1.29 is 13.9 Å². The van der Waals surface area contributed by atoms with Gasteiger partial charge in [-0.3, -0.25) is 0 Å². The number of aromatic nitrogens is 3. The molecule has 0 unspecified atom stereocenters. The molecule has 0 aliphatic rings. The monoisotopic (exact) mass is 355 g/mol. The third-order valence-corrected chi connectivity index (χ3v) is 4.40. The molecule has 0 radical (unpaired) electrons. The summed E-state index contributed by atoms with van der Waals surface area (Å²) in [6.45, 7) is 1.76. The molecule has 0 bridgehead atoms. The second kappa shape index (κ2) is 7.58. The van der Waals surface area contributed by atoms with Gasteiger partial charge in [0.15, 0.2) is 0 Å². The number of hydrogen-bond acceptors (Lipinski definition) is 3. The van der Waals surface area contributed by atoms with E-state index in [0.717, 1.165) is 17.7 Å². The van der Waals surface area contributed by atoms with Crippen LogP contribution in [0.1, 0.15) is 18.1 Å². The van der Waals surface area contributed by atoms with Crippen LogP contribution in [-0.2, 0) is 12.1 Å². The fourth-order valence-electron chi connectivity index (χ4n) is 2.86. The van der Waals surface area contributed by atoms with E-state index in [9.17, 15) is 13.9 Å². The molecule has 1 aromatic heterocycles. The highest BCUT2D eigenvalue weighted by Gasteiger charge is 2.37. The summed E-state index contributed by atoms with van der Waals surface area (Å²) >= 11 is 0. The Bertz CT molecular complexity index is 881. The van der Waals surface area contributed by atoms with E-state index in [1.165, 1.54) is 23.4 Å². The number of hydrogen-bond donors (Lipinski definition) is 1. The van der Waals surface area contributed by atoms with Crippen molar-refractivity contribution in [2.45, 2.75) is 19.1 Å². The van der Waals surface area contributed by atoms with Gasteiger partial charge in [0.1, 0.15) is 29.9 Å². The lowest BCUT2D eigenvalue weighted by Crippen LogP contribution is -2.38. The zero-order chi connectivity index (χ0) is 18.6. The van der Waals surface area contributed by atoms with Gasteiger partial charge in [-0.2, -0.15) is 5.10 Å². The standard InChI is InChI=1S/C20H19F2N3O/c1-15(7-8-16-5-3-2-4-6-16)20(26,12-25-14-23-13-24-25)18-10-9-17(21)11-19(18)22/h2-11,13-15,26H,12H2,1H3/b8-7+/t15-,20+/m0/s1. The second-order valence-corrected chi connectivity index (χ2v) is 6.20. The van der Waals surface area contributed by atoms with Crippen molar-refractivity contribution in [2.24, 2.45) is 5.92 Å². The Labute approximate surface area is 150 Å². The fourth-order valence-corrected chi connectivity index (χ4v) is 2.86. The molecule has 1 N–H and O–H groups in total. The van der Waals surface area contributed by atoms with Crippen LogP contribution in [0, 0.1) is 17.6 Å². The van der Waals surface area contributed by atoms with Gasteiger partial charge in [-0.05, 0) is 11.6 Å². The summed E-state index contributed by atoms with van der Waals surface area (Å²) in [6, 6.07) is 12.8. The highest BCUT2D eigenvalue weighted by atomic mass is 19.1. The summed E-state index contributed by atoms with van der Waals surface area (Å²) in [5.41, 5.74) is -0.654. The molecule has 0 aliphatic heterocycles. The summed E-state index contributed by atoms with van der Waals surface area (Å²) in [5.74, 6) is -1.97. The van der Waals surface area contributed by atoms with Gasteiger partial charge in [-0.25, -0.2) is 18.4 Å². The SMILES string of the molecule is C[C@@H](/C=C/c1ccccc1)[C@](O)(Cn1cncn1)c1ccc(F)cc1F. The maximum Gasteiger partial charge on any atom is 0.137 e. The molecule has 6 heteroatoms. The molecular weight excluding hydrogens is 336 g/mol. The van der Waals surface area contributed by atoms with Crippen LogP contribution in [-0.4, -0.2) is 19.9 Å². The molecule has 134 valence electrons. The van der Waals surface area contributed by atoms with Crippen molar-refractivity contribution in [1.29, 1.82) is 0 Å². The summed E-state index contributed by atoms with van der Waals surface area (Å²) in [5, 5.41) is 15.4. The van der Waals surface area contributed by atoms with Crippen LogP contribution in [0.2, 0.25) is 0 Å². The van der Waals surface area contributed by atoms with Crippen molar-refractivity contribution in [3.63, 3.8) is 0 Å². The van der Waals surface area contributed by atoms with E-state index in [4.69, 9.17) is 0 Å². The minimum atomic E-state index is -1.63. The lowest BCUT2D eigenvalue weighted by atomic mass is 9.81. The van der Waals surface area contributed by atoms with Crippen molar-refractivity contribution >= 4 is 6.08 Å². The predicted octanol–water partition coefficient (Wildman–Crippen LogP) is 3.79. The zero-order valence-electron chi connectivity index (χ0n) is 14.3. The van der Waals surface area contributed by atoms with E-state index in [0.29, 0.717) is 0 Å². The summed E-state index contributed by atoms with van der Waals surface area (Å²) in [7, 11) is 0. The van der Waals surface area contributed by atoms with Crippen molar-refractivity contribution in [3.8, 4) is 0 Å². The van der Waals surface area contributed by atoms with Crippen molar-refractivity contribution in [1.82, 2.24) is 14.8 Å². The van der Waals surface area contributed by atoms with Crippen LogP contribution in [0.25, 0.3) is 6.08 Å². The molecule has 3 rings (SSSR count). The number of halogens is 2. The first-order valence-corrected chi connectivity index (χ1v) is 8.22. The molecule has 0 amide bonds. The van der Waals surface area contributed by atoms with Crippen LogP contribution in [0.4, 0.5) is 8.78 Å². The van der Waals surface area contributed by atoms with Gasteiger partial charge < -0.3 is 5.11 Å². The molecule has 0 aliphatic carbocycles. The Hall–Kier alpha value is -2.86. The van der Waals surface area contributed by atoms with Crippen LogP contribution in [0.15, 0.2) is 67.3 Å². The van der Waals surface area contributed by atoms with Gasteiger partial charge >= 0.3 is 0 Å². The van der Waals surface area contributed by atoms with E-state index in [2.05, 4.69) is 10.1 Å². The van der Waals surface area contributed by atoms with E-state index in [1.807, 2.05) is 36.4 Å². The van der Waals surface area contributed by atoms with Gasteiger partial charge in [0.25, 0.3) is 0 Å². The molecule has 1 heterocycles. The maximum absolute atomic E-state index is 14.4. The zero-order valence-corrected chi connectivity index (χ0v) is 14.3. The lowest BCUT2D eigenvalue weighted by Gasteiger charge is -2.33. The topological polar surface area (TPSA) is 50.9 Å². The molecule has 0 fully saturated rings. The van der Waals surface area contributed by atoms with Gasteiger partial charge in [-0.15, -0.1) is 0 Å². The van der Waals surface area contributed by atoms with Crippen molar-refractivity contribution in [3.05, 3.63) is 90.0 Å². The Morgan fingerprint density at radius 3 is 2.62 bits per heavy atom. The van der Waals surface area contributed by atoms with Gasteiger partial charge in [0.2, 0.25) is 0 Å². The van der Waals surface area contributed by atoms with E-state index in [-0.39, 0.29) is 12.1 Å². The molecule has 0 spiro atoms. The van der Waals surface area contributed by atoms with Gasteiger partial charge in [0.05, 0.1) is 6.54 Å². The number of aliphatic hydroxyl groups is 1. The minimum Gasteiger partial charge on any atom is -0.382 e. The van der Waals surface area contributed by atoms with Gasteiger partial charge in [0, 0.05) is 17.5 Å². The van der Waals surface area contributed by atoms with Crippen LogP contribution >= 0.6 is 0 Å². The highest BCUT2D eigenvalue weighted by Crippen LogP contribution is 2.34. The molecule has 3 aromatic rings. The van der Waals surface area contributed by atoms with Gasteiger partial charge in [-0.1, -0.05) is 55.5 Å². The second-order valence-electron chi connectivity index (χ2n) is 6.20. The third-order valence-electron chi connectivity index (χ3n) is 4.40. The van der Waals surface area contributed by atoms with Crippen LogP contribution < -0.4 is 0 Å². The first-order valence-electron chi connectivity index (χ1n) is 8.22. The molecule has 0 saturated heterocycles. The number of benzene rings is 2. The lowest BCUT2D eigenvalue weighted by molar-refractivity contribution is -0.0221. The van der Waals surface area contributed by atoms with Crippen LogP contribution in [0.3, 0.4) is 0 Å². The maximum atomic E-state index is 14.4. The Balaban J connectivity index is 1.98. The molecule has 2 atom stereocenters. The summed E-state index contributed by atoms with van der Waals surface area (Å²) in [6.07, 6.45) is 6.44. The Morgan fingerprint density at radius 1 is 1.19 bits per heavy atom. The largest absolute Gasteiger partial charge is 0.382 e. The average Bonchev–Trinajstić information content (AvgIpc) is 3.13. The first kappa shape index (κ1) is 17.9. The smallest absolute Gasteiger partial charge is 0.137 e. The van der Waals surface area contributed by atoms with E-state index < -0.39 is 23.2 Å². The summed E-state index contributed by atoms with van der Waals surface area (Å²) < 4.78 is 29.2. The molecule has 26 heavy (non-hydrogen) atoms. The van der Waals surface area contributed by atoms with Crippen LogP contribution in [0.5, 0.6) is 0 Å². The fraction of sp³-hybridized carbons (Fsp3) is 0.200. The molecule has 2 aromatic carbocycles. The molecule has 4 nitrogen and oxygen atoms in total. The normalized spacial score (nSPS) is 15.1. The molecular formula is C20H19F2N3O. The highest BCUT2D eigenvalue weighted by molar-refractivity contribution is 5.49. The van der Waals surface area contributed by atoms with E-state index in [1.54, 1.807) is 13.0 Å². The third kappa shape index (κ3) is 3.86. The molecule has 0 saturated carbocycles. The van der Waals surface area contributed by atoms with Crippen molar-refractivity contribution in [2.75, 3.05) is 0 Å². The number of nitrogens with zero attached hydrogens (tertiary/aromatic N) is 3. The minimum absolute atomic E-state index is 0.0135. The Kier molecular flexibility index (Phi) is 5.23. The Morgan fingerprint density at radius 2 is 1.96 bits per heavy atom. The predicted molar refractivity (Wildman–Crippen MR) is 94.9 cm³/mol. The quantitative estimate of drug-likeness (QED) is 0.732. The summed E-state index contributed by atoms with van der Waals surface area (Å²) in [4.78, 5) is 3.86. The number of rotatable bonds is 6. The van der Waals surface area contributed by atoms with E-state index >= 15 is 0 Å². The first-order chi connectivity index (χ1) is 12.5.